The van der Waals surface area contributed by atoms with Crippen LogP contribution in [-0.2, 0) is 0 Å². The molecule has 1 aliphatic rings. The molecule has 1 unspecified atom stereocenters. The van der Waals surface area contributed by atoms with Crippen LogP contribution in [0.1, 0.15) is 59.8 Å². The van der Waals surface area contributed by atoms with Gasteiger partial charge in [-0.25, -0.2) is 0 Å². The van der Waals surface area contributed by atoms with E-state index in [1.807, 2.05) is 11.8 Å². The first-order valence-corrected chi connectivity index (χ1v) is 9.32. The molecular weight excluding hydrogens is 252 g/mol. The van der Waals surface area contributed by atoms with Gasteiger partial charge in [-0.15, -0.1) is 0 Å². The Balaban J connectivity index is 2.41. The lowest BCUT2D eigenvalue weighted by Gasteiger charge is -2.32. The Bertz CT molecular complexity index is 231. The van der Waals surface area contributed by atoms with Gasteiger partial charge >= 0.3 is 0 Å². The minimum Gasteiger partial charge on any atom is -0.313 e. The summed E-state index contributed by atoms with van der Waals surface area (Å²) in [5.74, 6) is 0. The van der Waals surface area contributed by atoms with Crippen molar-refractivity contribution in [2.45, 2.75) is 76.6 Å². The van der Waals surface area contributed by atoms with Gasteiger partial charge in [0.05, 0.1) is 0 Å². The molecule has 0 saturated carbocycles. The van der Waals surface area contributed by atoms with Crippen LogP contribution in [0.15, 0.2) is 0 Å². The second kappa shape index (κ2) is 8.53. The Morgan fingerprint density at radius 3 is 2.42 bits per heavy atom. The highest BCUT2D eigenvalue weighted by molar-refractivity contribution is 8.00. The van der Waals surface area contributed by atoms with Crippen molar-refractivity contribution in [3.05, 3.63) is 0 Å². The summed E-state index contributed by atoms with van der Waals surface area (Å²) in [6.45, 7) is 13.0. The van der Waals surface area contributed by atoms with Gasteiger partial charge in [0.1, 0.15) is 0 Å². The van der Waals surface area contributed by atoms with E-state index >= 15 is 0 Å². The van der Waals surface area contributed by atoms with E-state index in [-0.39, 0.29) is 0 Å². The monoisotopic (exact) mass is 286 g/mol. The van der Waals surface area contributed by atoms with Crippen LogP contribution in [0.2, 0.25) is 0 Å². The lowest BCUT2D eigenvalue weighted by Crippen LogP contribution is -2.42. The number of nitrogens with one attached hydrogen (secondary N) is 1. The Hall–Kier alpha value is 0.270. The Kier molecular flexibility index (Phi) is 7.78. The molecule has 19 heavy (non-hydrogen) atoms. The lowest BCUT2D eigenvalue weighted by molar-refractivity contribution is 0.228. The molecule has 1 N–H and O–H groups in total. The molecule has 0 bridgehead atoms. The van der Waals surface area contributed by atoms with Gasteiger partial charge in [0, 0.05) is 23.4 Å². The van der Waals surface area contributed by atoms with Crippen LogP contribution in [0.25, 0.3) is 0 Å². The van der Waals surface area contributed by atoms with E-state index < -0.39 is 0 Å². The summed E-state index contributed by atoms with van der Waals surface area (Å²) in [7, 11) is 0. The second-order valence-electron chi connectivity index (χ2n) is 6.23. The molecule has 1 aliphatic heterocycles. The molecule has 114 valence electrons. The standard InChI is InChI=1S/C16H34N2S/c1-6-16(7-2,19-5)13-17-15-9-8-11-18(12-10-15)14(3)4/h14-15,17H,6-13H2,1-5H3. The predicted molar refractivity (Wildman–Crippen MR) is 89.2 cm³/mol. The number of hydrogen-bond donors (Lipinski definition) is 1. The first kappa shape index (κ1) is 17.3. The third-order valence-electron chi connectivity index (χ3n) is 4.93. The van der Waals surface area contributed by atoms with Gasteiger partial charge in [-0.1, -0.05) is 13.8 Å². The summed E-state index contributed by atoms with van der Waals surface area (Å²) in [5.41, 5.74) is 0. The molecule has 1 fully saturated rings. The molecule has 0 aromatic rings. The quantitative estimate of drug-likeness (QED) is 0.767. The highest BCUT2D eigenvalue weighted by Gasteiger charge is 2.26. The average Bonchev–Trinajstić information content (AvgIpc) is 2.67. The number of rotatable bonds is 7. The highest BCUT2D eigenvalue weighted by Crippen LogP contribution is 2.30. The Morgan fingerprint density at radius 1 is 1.21 bits per heavy atom. The minimum atomic E-state index is 0.448. The van der Waals surface area contributed by atoms with Gasteiger partial charge in [0.25, 0.3) is 0 Å². The van der Waals surface area contributed by atoms with Crippen molar-refractivity contribution in [2.75, 3.05) is 25.9 Å². The van der Waals surface area contributed by atoms with Crippen LogP contribution >= 0.6 is 11.8 Å². The predicted octanol–water partition coefficient (Wildman–Crippen LogP) is 3.76. The summed E-state index contributed by atoms with van der Waals surface area (Å²) in [4.78, 5) is 2.63. The van der Waals surface area contributed by atoms with Crippen molar-refractivity contribution in [3.8, 4) is 0 Å². The molecule has 0 aromatic carbocycles. The molecule has 2 nitrogen and oxygen atoms in total. The number of hydrogen-bond acceptors (Lipinski definition) is 3. The summed E-state index contributed by atoms with van der Waals surface area (Å²) >= 11 is 2.04. The van der Waals surface area contributed by atoms with Gasteiger partial charge in [-0.05, 0) is 65.3 Å². The van der Waals surface area contributed by atoms with E-state index in [0.29, 0.717) is 10.8 Å². The fourth-order valence-corrected chi connectivity index (χ4v) is 3.84. The molecule has 0 radical (unpaired) electrons. The summed E-state index contributed by atoms with van der Waals surface area (Å²) in [6.07, 6.45) is 8.81. The van der Waals surface area contributed by atoms with Crippen LogP contribution in [0.4, 0.5) is 0 Å². The third-order valence-corrected chi connectivity index (χ3v) is 6.52. The SMILES string of the molecule is CCC(CC)(CNC1CCCN(C(C)C)CC1)SC. The Morgan fingerprint density at radius 2 is 1.89 bits per heavy atom. The maximum Gasteiger partial charge on any atom is 0.0276 e. The molecule has 1 rings (SSSR count). The molecule has 0 amide bonds. The number of likely N-dealkylation sites (tertiary alicyclic amines) is 1. The molecule has 0 aromatic heterocycles. The van der Waals surface area contributed by atoms with Gasteiger partial charge in [0.2, 0.25) is 0 Å². The third kappa shape index (κ3) is 5.28. The van der Waals surface area contributed by atoms with Crippen LogP contribution in [0, 0.1) is 0 Å². The topological polar surface area (TPSA) is 15.3 Å². The van der Waals surface area contributed by atoms with Gasteiger partial charge < -0.3 is 10.2 Å². The molecule has 0 spiro atoms. The fraction of sp³-hybridized carbons (Fsp3) is 1.00. The van der Waals surface area contributed by atoms with E-state index in [0.717, 1.165) is 6.04 Å². The maximum absolute atomic E-state index is 3.87. The zero-order valence-corrected chi connectivity index (χ0v) is 14.5. The molecule has 1 heterocycles. The van der Waals surface area contributed by atoms with Gasteiger partial charge in [-0.2, -0.15) is 11.8 Å². The van der Waals surface area contributed by atoms with Crippen molar-refractivity contribution in [3.63, 3.8) is 0 Å². The first-order chi connectivity index (χ1) is 9.06. The van der Waals surface area contributed by atoms with Crippen molar-refractivity contribution in [2.24, 2.45) is 0 Å². The Labute approximate surface area is 125 Å². The van der Waals surface area contributed by atoms with E-state index in [1.165, 1.54) is 51.7 Å². The zero-order valence-electron chi connectivity index (χ0n) is 13.7. The highest BCUT2D eigenvalue weighted by atomic mass is 32.2. The smallest absolute Gasteiger partial charge is 0.0276 e. The summed E-state index contributed by atoms with van der Waals surface area (Å²) in [5, 5.41) is 3.87. The first-order valence-electron chi connectivity index (χ1n) is 8.09. The van der Waals surface area contributed by atoms with Crippen molar-refractivity contribution in [1.29, 1.82) is 0 Å². The van der Waals surface area contributed by atoms with Crippen molar-refractivity contribution < 1.29 is 0 Å². The summed E-state index contributed by atoms with van der Waals surface area (Å²) in [6, 6.07) is 1.43. The van der Waals surface area contributed by atoms with Crippen LogP contribution in [0.3, 0.4) is 0 Å². The molecule has 1 atom stereocenters. The van der Waals surface area contributed by atoms with Crippen molar-refractivity contribution >= 4 is 11.8 Å². The van der Waals surface area contributed by atoms with Crippen LogP contribution in [0.5, 0.6) is 0 Å². The maximum atomic E-state index is 3.87. The van der Waals surface area contributed by atoms with Crippen molar-refractivity contribution in [1.82, 2.24) is 10.2 Å². The lowest BCUT2D eigenvalue weighted by atomic mass is 10.0. The normalized spacial score (nSPS) is 22.7. The van der Waals surface area contributed by atoms with Crippen LogP contribution in [-0.4, -0.2) is 47.6 Å². The molecule has 3 heteroatoms. The van der Waals surface area contributed by atoms with E-state index in [2.05, 4.69) is 44.2 Å². The zero-order chi connectivity index (χ0) is 14.3. The molecule has 0 aliphatic carbocycles. The van der Waals surface area contributed by atoms with E-state index in [1.54, 1.807) is 0 Å². The fourth-order valence-electron chi connectivity index (χ4n) is 3.03. The van der Waals surface area contributed by atoms with Gasteiger partial charge in [-0.3, -0.25) is 0 Å². The number of nitrogens with zero attached hydrogens (tertiary/aromatic N) is 1. The average molecular weight is 287 g/mol. The minimum absolute atomic E-state index is 0.448. The second-order valence-corrected chi connectivity index (χ2v) is 7.51. The van der Waals surface area contributed by atoms with E-state index in [4.69, 9.17) is 0 Å². The number of thioether (sulfide) groups is 1. The van der Waals surface area contributed by atoms with E-state index in [9.17, 15) is 0 Å². The molecular formula is C16H34N2S. The molecule has 1 saturated heterocycles. The largest absolute Gasteiger partial charge is 0.313 e. The summed E-state index contributed by atoms with van der Waals surface area (Å²) < 4.78 is 0.448. The van der Waals surface area contributed by atoms with Gasteiger partial charge in [0.15, 0.2) is 0 Å². The van der Waals surface area contributed by atoms with Crippen LogP contribution < -0.4 is 5.32 Å².